The van der Waals surface area contributed by atoms with E-state index in [1.54, 1.807) is 0 Å². The van der Waals surface area contributed by atoms with E-state index < -0.39 is 0 Å². The first-order chi connectivity index (χ1) is 9.56. The van der Waals surface area contributed by atoms with Crippen molar-refractivity contribution in [1.29, 1.82) is 0 Å². The van der Waals surface area contributed by atoms with Crippen LogP contribution in [0.5, 0.6) is 11.5 Å². The summed E-state index contributed by atoms with van der Waals surface area (Å²) in [6.45, 7) is 7.92. The van der Waals surface area contributed by atoms with Gasteiger partial charge in [-0.05, 0) is 12.8 Å². The summed E-state index contributed by atoms with van der Waals surface area (Å²) in [5.74, 6) is 1.97. The Kier molecular flexibility index (Phi) is 3.20. The van der Waals surface area contributed by atoms with Gasteiger partial charge in [0.25, 0.3) is 0 Å². The van der Waals surface area contributed by atoms with Crippen molar-refractivity contribution in [2.75, 3.05) is 30.0 Å². The molecule has 1 N–H and O–H groups in total. The number of nitrogens with one attached hydrogen (secondary N) is 1. The Bertz CT molecular complexity index is 542. The molecule has 0 saturated carbocycles. The van der Waals surface area contributed by atoms with E-state index in [-0.39, 0.29) is 11.9 Å². The van der Waals surface area contributed by atoms with Gasteiger partial charge in [-0.1, -0.05) is 13.8 Å². The summed E-state index contributed by atoms with van der Waals surface area (Å²) in [6, 6.07) is 3.62. The van der Waals surface area contributed by atoms with E-state index >= 15 is 0 Å². The molecule has 2 heterocycles. The number of benzene rings is 1. The molecule has 1 atom stereocenters. The third kappa shape index (κ3) is 2.17. The van der Waals surface area contributed by atoms with E-state index in [1.165, 1.54) is 0 Å². The highest BCUT2D eigenvalue weighted by molar-refractivity contribution is 6.05. The average Bonchev–Trinajstić information content (AvgIpc) is 2.42. The Hall–Kier alpha value is -1.91. The highest BCUT2D eigenvalue weighted by Crippen LogP contribution is 2.42. The quantitative estimate of drug-likeness (QED) is 0.900. The summed E-state index contributed by atoms with van der Waals surface area (Å²) < 4.78 is 11.2. The number of ether oxygens (including phenoxy) is 2. The third-order valence-electron chi connectivity index (χ3n) is 3.51. The molecule has 0 fully saturated rings. The first kappa shape index (κ1) is 13.1. The SMILES string of the molecule is CC(C)CN1C(=O)C(C)Nc2cc3c(cc21)OCCO3. The second-order valence-corrected chi connectivity index (χ2v) is 5.72. The van der Waals surface area contributed by atoms with Crippen LogP contribution >= 0.6 is 0 Å². The van der Waals surface area contributed by atoms with Crippen LogP contribution in [0.3, 0.4) is 0 Å². The number of carbonyl (C=O) groups excluding carboxylic acids is 1. The summed E-state index contributed by atoms with van der Waals surface area (Å²) in [5.41, 5.74) is 1.81. The maximum Gasteiger partial charge on any atom is 0.249 e. The van der Waals surface area contributed by atoms with Crippen LogP contribution in [0.1, 0.15) is 20.8 Å². The molecule has 0 spiro atoms. The summed E-state index contributed by atoms with van der Waals surface area (Å²) in [6.07, 6.45) is 0. The van der Waals surface area contributed by atoms with Gasteiger partial charge in [0.05, 0.1) is 11.4 Å². The second-order valence-electron chi connectivity index (χ2n) is 5.72. The summed E-state index contributed by atoms with van der Waals surface area (Å²) >= 11 is 0. The highest BCUT2D eigenvalue weighted by atomic mass is 16.6. The molecule has 20 heavy (non-hydrogen) atoms. The molecule has 3 rings (SSSR count). The molecule has 0 aromatic heterocycles. The summed E-state index contributed by atoms with van der Waals surface area (Å²) in [4.78, 5) is 14.2. The molecule has 0 aliphatic carbocycles. The molecule has 1 unspecified atom stereocenters. The van der Waals surface area contributed by atoms with Crippen molar-refractivity contribution in [2.24, 2.45) is 5.92 Å². The van der Waals surface area contributed by atoms with Crippen molar-refractivity contribution in [3.63, 3.8) is 0 Å². The summed E-state index contributed by atoms with van der Waals surface area (Å²) in [7, 11) is 0. The molecule has 1 aromatic rings. The largest absolute Gasteiger partial charge is 0.486 e. The Morgan fingerprint density at radius 1 is 1.30 bits per heavy atom. The molecule has 0 saturated heterocycles. The highest BCUT2D eigenvalue weighted by Gasteiger charge is 2.31. The number of rotatable bonds is 2. The van der Waals surface area contributed by atoms with Crippen molar-refractivity contribution < 1.29 is 14.3 Å². The van der Waals surface area contributed by atoms with Gasteiger partial charge in [0.15, 0.2) is 11.5 Å². The molecule has 108 valence electrons. The molecule has 5 heteroatoms. The van der Waals surface area contributed by atoms with Gasteiger partial charge >= 0.3 is 0 Å². The fourth-order valence-electron chi connectivity index (χ4n) is 2.62. The minimum atomic E-state index is -0.219. The Labute approximate surface area is 118 Å². The number of carbonyl (C=O) groups is 1. The van der Waals surface area contributed by atoms with Gasteiger partial charge in [0, 0.05) is 18.7 Å². The maximum absolute atomic E-state index is 12.4. The molecule has 2 aliphatic rings. The third-order valence-corrected chi connectivity index (χ3v) is 3.51. The molecule has 0 bridgehead atoms. The lowest BCUT2D eigenvalue weighted by Gasteiger charge is -2.36. The smallest absolute Gasteiger partial charge is 0.249 e. The fraction of sp³-hybridized carbons (Fsp3) is 0.533. The monoisotopic (exact) mass is 276 g/mol. The van der Waals surface area contributed by atoms with Gasteiger partial charge in [-0.3, -0.25) is 4.79 Å². The van der Waals surface area contributed by atoms with Gasteiger partial charge in [-0.15, -0.1) is 0 Å². The van der Waals surface area contributed by atoms with Crippen LogP contribution < -0.4 is 19.7 Å². The average molecular weight is 276 g/mol. The van der Waals surface area contributed by atoms with Crippen molar-refractivity contribution >= 4 is 17.3 Å². The van der Waals surface area contributed by atoms with Crippen molar-refractivity contribution in [2.45, 2.75) is 26.8 Å². The summed E-state index contributed by atoms with van der Waals surface area (Å²) in [5, 5.41) is 3.24. The molecule has 2 aliphatic heterocycles. The molecular weight excluding hydrogens is 256 g/mol. The number of hydrogen-bond acceptors (Lipinski definition) is 4. The van der Waals surface area contributed by atoms with Gasteiger partial charge in [0.2, 0.25) is 5.91 Å². The van der Waals surface area contributed by atoms with Crippen LogP contribution in [-0.2, 0) is 4.79 Å². The Morgan fingerprint density at radius 3 is 2.60 bits per heavy atom. The first-order valence-corrected chi connectivity index (χ1v) is 7.08. The minimum absolute atomic E-state index is 0.0999. The number of amides is 1. The van der Waals surface area contributed by atoms with Crippen molar-refractivity contribution in [3.05, 3.63) is 12.1 Å². The van der Waals surface area contributed by atoms with E-state index in [0.29, 0.717) is 31.4 Å². The Balaban J connectivity index is 2.04. The molecular formula is C15H20N2O3. The topological polar surface area (TPSA) is 50.8 Å². The van der Waals surface area contributed by atoms with E-state index in [4.69, 9.17) is 9.47 Å². The van der Waals surface area contributed by atoms with Gasteiger partial charge < -0.3 is 19.7 Å². The number of fused-ring (bicyclic) bond motifs is 2. The van der Waals surface area contributed by atoms with Crippen LogP contribution in [0.2, 0.25) is 0 Å². The maximum atomic E-state index is 12.4. The number of hydrogen-bond donors (Lipinski definition) is 1. The lowest BCUT2D eigenvalue weighted by Crippen LogP contribution is -2.47. The van der Waals surface area contributed by atoms with E-state index in [0.717, 1.165) is 17.1 Å². The molecule has 5 nitrogen and oxygen atoms in total. The fourth-order valence-corrected chi connectivity index (χ4v) is 2.62. The molecule has 1 amide bonds. The zero-order chi connectivity index (χ0) is 14.3. The van der Waals surface area contributed by atoms with Crippen LogP contribution in [0.15, 0.2) is 12.1 Å². The zero-order valence-electron chi connectivity index (χ0n) is 12.1. The Morgan fingerprint density at radius 2 is 1.95 bits per heavy atom. The van der Waals surface area contributed by atoms with Crippen LogP contribution in [0, 0.1) is 5.92 Å². The zero-order valence-corrected chi connectivity index (χ0v) is 12.1. The minimum Gasteiger partial charge on any atom is -0.486 e. The van der Waals surface area contributed by atoms with Gasteiger partial charge in [0.1, 0.15) is 19.3 Å². The van der Waals surface area contributed by atoms with Crippen LogP contribution in [-0.4, -0.2) is 31.7 Å². The van der Waals surface area contributed by atoms with Crippen molar-refractivity contribution in [3.8, 4) is 11.5 Å². The molecule has 1 aromatic carbocycles. The van der Waals surface area contributed by atoms with E-state index in [2.05, 4.69) is 19.2 Å². The van der Waals surface area contributed by atoms with E-state index in [1.807, 2.05) is 24.0 Å². The van der Waals surface area contributed by atoms with Gasteiger partial charge in [-0.2, -0.15) is 0 Å². The predicted molar refractivity (Wildman–Crippen MR) is 77.7 cm³/mol. The van der Waals surface area contributed by atoms with E-state index in [9.17, 15) is 4.79 Å². The normalized spacial score (nSPS) is 20.7. The first-order valence-electron chi connectivity index (χ1n) is 7.08. The lowest BCUT2D eigenvalue weighted by molar-refractivity contribution is -0.119. The standard InChI is InChI=1S/C15H20N2O3/c1-9(2)8-17-12-7-14-13(19-4-5-20-14)6-11(12)16-10(3)15(17)18/h6-7,9-10,16H,4-5,8H2,1-3H3. The molecule has 0 radical (unpaired) electrons. The number of anilines is 2. The number of nitrogens with zero attached hydrogens (tertiary/aromatic N) is 1. The van der Waals surface area contributed by atoms with Gasteiger partial charge in [-0.25, -0.2) is 0 Å². The van der Waals surface area contributed by atoms with Crippen molar-refractivity contribution in [1.82, 2.24) is 0 Å². The van der Waals surface area contributed by atoms with Crippen LogP contribution in [0.4, 0.5) is 11.4 Å². The second kappa shape index (κ2) is 4.89. The predicted octanol–water partition coefficient (Wildman–Crippen LogP) is 2.26. The van der Waals surface area contributed by atoms with Crippen LogP contribution in [0.25, 0.3) is 0 Å². The lowest BCUT2D eigenvalue weighted by atomic mass is 10.1.